The Balaban J connectivity index is 1.27. The van der Waals surface area contributed by atoms with E-state index in [0.29, 0.717) is 0 Å². The second kappa shape index (κ2) is 9.44. The second-order valence-corrected chi connectivity index (χ2v) is 13.2. The number of hydrogen-bond acceptors (Lipinski definition) is 1. The zero-order valence-corrected chi connectivity index (χ0v) is 26.2. The maximum absolute atomic E-state index is 2.53. The first-order valence-electron chi connectivity index (χ1n) is 16.8. The summed E-state index contributed by atoms with van der Waals surface area (Å²) in [6, 6.07) is 65.2. The Labute approximate surface area is 280 Å². The van der Waals surface area contributed by atoms with Gasteiger partial charge in [-0.2, -0.15) is 0 Å². The largest absolute Gasteiger partial charge is 0.310 e. The van der Waals surface area contributed by atoms with Gasteiger partial charge in [0.15, 0.2) is 0 Å². The molecule has 0 aromatic heterocycles. The summed E-state index contributed by atoms with van der Waals surface area (Å²) >= 11 is 0. The van der Waals surface area contributed by atoms with Crippen LogP contribution in [-0.4, -0.2) is 0 Å². The number of anilines is 3. The summed E-state index contributed by atoms with van der Waals surface area (Å²) in [6.07, 6.45) is 0. The molecule has 48 heavy (non-hydrogen) atoms. The van der Waals surface area contributed by atoms with E-state index in [-0.39, 0.29) is 5.41 Å². The van der Waals surface area contributed by atoms with Crippen LogP contribution < -0.4 is 4.90 Å². The van der Waals surface area contributed by atoms with Gasteiger partial charge in [0.2, 0.25) is 0 Å². The molecule has 0 amide bonds. The number of fused-ring (bicyclic) bond motifs is 6. The minimum absolute atomic E-state index is 0.387. The van der Waals surface area contributed by atoms with E-state index in [9.17, 15) is 0 Å². The molecule has 1 spiro atoms. The van der Waals surface area contributed by atoms with Gasteiger partial charge in [-0.3, -0.25) is 0 Å². The van der Waals surface area contributed by atoms with Gasteiger partial charge in [-0.15, -0.1) is 0 Å². The van der Waals surface area contributed by atoms with Crippen molar-refractivity contribution >= 4 is 27.8 Å². The van der Waals surface area contributed by atoms with Gasteiger partial charge in [0, 0.05) is 16.8 Å². The third-order valence-electron chi connectivity index (χ3n) is 11.0. The lowest BCUT2D eigenvalue weighted by molar-refractivity contribution is 0.817. The molecule has 222 valence electrons. The fourth-order valence-corrected chi connectivity index (χ4v) is 9.32. The van der Waals surface area contributed by atoms with E-state index in [1.807, 2.05) is 0 Å². The van der Waals surface area contributed by atoms with Gasteiger partial charge in [-0.05, 0) is 90.7 Å². The maximum Gasteiger partial charge on any atom is 0.0758 e. The molecule has 1 unspecified atom stereocenters. The highest BCUT2D eigenvalue weighted by molar-refractivity contribution is 6.09. The van der Waals surface area contributed by atoms with Crippen LogP contribution in [0.3, 0.4) is 0 Å². The van der Waals surface area contributed by atoms with E-state index in [4.69, 9.17) is 0 Å². The van der Waals surface area contributed by atoms with Gasteiger partial charge in [-0.25, -0.2) is 0 Å². The first kappa shape index (κ1) is 25.9. The highest BCUT2D eigenvalue weighted by Gasteiger charge is 2.58. The van der Waals surface area contributed by atoms with Crippen molar-refractivity contribution in [2.45, 2.75) is 5.41 Å². The fraction of sp³-hybridized carbons (Fsp3) is 0.0213. The average molecular weight is 608 g/mol. The van der Waals surface area contributed by atoms with Crippen LogP contribution in [0.1, 0.15) is 22.3 Å². The minimum Gasteiger partial charge on any atom is -0.310 e. The molecule has 0 saturated heterocycles. The van der Waals surface area contributed by atoms with Crippen LogP contribution in [0.4, 0.5) is 17.1 Å². The number of nitrogens with zero attached hydrogens (tertiary/aromatic N) is 1. The van der Waals surface area contributed by atoms with Crippen molar-refractivity contribution in [2.75, 3.05) is 4.90 Å². The molecule has 0 radical (unpaired) electrons. The van der Waals surface area contributed by atoms with Crippen molar-refractivity contribution in [3.63, 3.8) is 0 Å². The van der Waals surface area contributed by atoms with Crippen LogP contribution in [-0.2, 0) is 5.41 Å². The van der Waals surface area contributed by atoms with E-state index in [0.717, 1.165) is 5.69 Å². The van der Waals surface area contributed by atoms with Crippen LogP contribution in [0.15, 0.2) is 176 Å². The zero-order chi connectivity index (χ0) is 31.4. The van der Waals surface area contributed by atoms with Gasteiger partial charge >= 0.3 is 0 Å². The van der Waals surface area contributed by atoms with Crippen molar-refractivity contribution < 1.29 is 0 Å². The first-order chi connectivity index (χ1) is 23.9. The minimum atomic E-state index is -0.387. The molecule has 3 aliphatic carbocycles. The molecule has 0 heterocycles. The SMILES string of the molecule is c1ccc(N(c2ccccc2-c2cccc3ccccc23)c2cccc3c2C24c5ccccc5-c5cccc(c52)-c2cccc-3c24)cc1. The topological polar surface area (TPSA) is 3.24 Å². The summed E-state index contributed by atoms with van der Waals surface area (Å²) in [5.41, 5.74) is 19.3. The molecular weight excluding hydrogens is 579 g/mol. The quantitative estimate of drug-likeness (QED) is 0.192. The second-order valence-electron chi connectivity index (χ2n) is 13.2. The summed E-state index contributed by atoms with van der Waals surface area (Å²) in [5, 5.41) is 2.50. The molecule has 0 bridgehead atoms. The van der Waals surface area contributed by atoms with E-state index < -0.39 is 0 Å². The Morgan fingerprint density at radius 2 is 0.792 bits per heavy atom. The Morgan fingerprint density at radius 1 is 0.312 bits per heavy atom. The summed E-state index contributed by atoms with van der Waals surface area (Å²) in [4.78, 5) is 2.53. The average Bonchev–Trinajstić information content (AvgIpc) is 3.75. The van der Waals surface area contributed by atoms with Crippen LogP contribution in [0.5, 0.6) is 0 Å². The normalized spacial score (nSPS) is 15.6. The van der Waals surface area contributed by atoms with Crippen molar-refractivity contribution in [3.05, 3.63) is 198 Å². The van der Waals surface area contributed by atoms with Crippen LogP contribution in [0, 0.1) is 0 Å². The molecule has 8 aromatic carbocycles. The van der Waals surface area contributed by atoms with Gasteiger partial charge in [0.1, 0.15) is 0 Å². The van der Waals surface area contributed by atoms with Crippen molar-refractivity contribution in [1.29, 1.82) is 0 Å². The highest BCUT2D eigenvalue weighted by Crippen LogP contribution is 2.71. The van der Waals surface area contributed by atoms with Crippen LogP contribution >= 0.6 is 0 Å². The summed E-state index contributed by atoms with van der Waals surface area (Å²) in [7, 11) is 0. The van der Waals surface area contributed by atoms with Gasteiger partial charge in [-0.1, -0.05) is 152 Å². The Bertz CT molecular complexity index is 2590. The smallest absolute Gasteiger partial charge is 0.0758 e. The predicted molar refractivity (Wildman–Crippen MR) is 199 cm³/mol. The summed E-state index contributed by atoms with van der Waals surface area (Å²) < 4.78 is 0. The van der Waals surface area contributed by atoms with Crippen molar-refractivity contribution in [1.82, 2.24) is 0 Å². The van der Waals surface area contributed by atoms with E-state index in [1.54, 1.807) is 0 Å². The lowest BCUT2D eigenvalue weighted by Crippen LogP contribution is -2.26. The Morgan fingerprint density at radius 3 is 1.56 bits per heavy atom. The summed E-state index contributed by atoms with van der Waals surface area (Å²) in [6.45, 7) is 0. The molecule has 1 nitrogen and oxygen atoms in total. The molecule has 0 N–H and O–H groups in total. The molecule has 1 atom stereocenters. The fourth-order valence-electron chi connectivity index (χ4n) is 9.32. The highest BCUT2D eigenvalue weighted by atomic mass is 15.1. The molecular formula is C47H29N. The lowest BCUT2D eigenvalue weighted by atomic mass is 9.72. The van der Waals surface area contributed by atoms with Gasteiger partial charge in [0.05, 0.1) is 16.8 Å². The number of benzene rings is 8. The molecule has 0 aliphatic heterocycles. The van der Waals surface area contributed by atoms with Gasteiger partial charge in [0.25, 0.3) is 0 Å². The molecule has 1 heteroatoms. The Kier molecular flexibility index (Phi) is 5.10. The lowest BCUT2D eigenvalue weighted by Gasteiger charge is -2.35. The third-order valence-corrected chi connectivity index (χ3v) is 11.0. The number of hydrogen-bond donors (Lipinski definition) is 0. The standard InChI is InChI=1S/C47H29N/c1-2-16-31(17-3-1)48(42-28-9-7-20-35(42)33-21-10-15-30-14-4-5-18-32(30)33)43-29-13-26-40-39-25-12-24-38-37-23-11-22-36-34-19-6-8-27-41(34)47(44(36)37,45(38)39)46(40)43/h1-29H. The summed E-state index contributed by atoms with van der Waals surface area (Å²) in [5.74, 6) is 0. The van der Waals surface area contributed by atoms with Crippen molar-refractivity contribution in [3.8, 4) is 44.5 Å². The molecule has 11 rings (SSSR count). The molecule has 0 fully saturated rings. The first-order valence-corrected chi connectivity index (χ1v) is 16.8. The third kappa shape index (κ3) is 3.11. The zero-order valence-electron chi connectivity index (χ0n) is 26.2. The Hall–Kier alpha value is -6.18. The van der Waals surface area contributed by atoms with Gasteiger partial charge < -0.3 is 4.90 Å². The monoisotopic (exact) mass is 607 g/mol. The van der Waals surface area contributed by atoms with Crippen LogP contribution in [0.25, 0.3) is 55.3 Å². The van der Waals surface area contributed by atoms with E-state index >= 15 is 0 Å². The predicted octanol–water partition coefficient (Wildman–Crippen LogP) is 12.3. The van der Waals surface area contributed by atoms with E-state index in [1.165, 1.54) is 88.9 Å². The number of rotatable bonds is 4. The maximum atomic E-state index is 2.53. The molecule has 8 aromatic rings. The van der Waals surface area contributed by atoms with Crippen LogP contribution in [0.2, 0.25) is 0 Å². The molecule has 3 aliphatic rings. The van der Waals surface area contributed by atoms with Crippen molar-refractivity contribution in [2.24, 2.45) is 0 Å². The van der Waals surface area contributed by atoms with E-state index in [2.05, 4.69) is 181 Å². The molecule has 0 saturated carbocycles. The number of para-hydroxylation sites is 2.